The fraction of sp³-hybridized carbons (Fsp3) is 0.400. The van der Waals surface area contributed by atoms with E-state index in [0.717, 1.165) is 36.3 Å². The number of ether oxygens (including phenoxy) is 1. The summed E-state index contributed by atoms with van der Waals surface area (Å²) in [5.41, 5.74) is 4.47. The van der Waals surface area contributed by atoms with Crippen LogP contribution in [0, 0.1) is 11.8 Å². The minimum atomic E-state index is -0.473. The molecule has 2 aliphatic heterocycles. The molecule has 0 saturated carbocycles. The first-order chi connectivity index (χ1) is 17.9. The summed E-state index contributed by atoms with van der Waals surface area (Å²) in [6.45, 7) is 4.67. The SMILES string of the molecule is COC1CN(Cc2ccc(C#Cc3ccc(C(CN[C@H](C)CF)CC4=C(O)C(=O)CC=N4)cc3)cc2)C1. The van der Waals surface area contributed by atoms with E-state index in [1.165, 1.54) is 11.8 Å². The molecule has 2 aliphatic rings. The van der Waals surface area contributed by atoms with E-state index in [0.29, 0.717) is 24.8 Å². The molecule has 0 amide bonds. The summed E-state index contributed by atoms with van der Waals surface area (Å²) in [6.07, 6.45) is 2.37. The number of aliphatic imine (C=N–C) groups is 1. The normalized spacial score (nSPS) is 17.8. The number of alkyl halides is 1. The highest BCUT2D eigenvalue weighted by Crippen LogP contribution is 2.27. The molecule has 2 heterocycles. The van der Waals surface area contributed by atoms with Crippen molar-refractivity contribution in [2.75, 3.05) is 33.4 Å². The number of carbonyl (C=O) groups is 1. The largest absolute Gasteiger partial charge is 0.503 e. The Hall–Kier alpha value is -3.31. The lowest BCUT2D eigenvalue weighted by molar-refractivity contribution is -0.117. The number of hydrogen-bond acceptors (Lipinski definition) is 6. The maximum absolute atomic E-state index is 13.0. The van der Waals surface area contributed by atoms with Gasteiger partial charge in [-0.2, -0.15) is 0 Å². The van der Waals surface area contributed by atoms with Gasteiger partial charge in [-0.25, -0.2) is 4.39 Å². The average molecular weight is 504 g/mol. The lowest BCUT2D eigenvalue weighted by Crippen LogP contribution is -2.50. The molecule has 0 radical (unpaired) electrons. The number of aliphatic hydroxyl groups excluding tert-OH is 1. The molecular formula is C30H34FN3O3. The van der Waals surface area contributed by atoms with Gasteiger partial charge in [0.15, 0.2) is 5.76 Å². The lowest BCUT2D eigenvalue weighted by Gasteiger charge is -2.38. The lowest BCUT2D eigenvalue weighted by atomic mass is 9.92. The first kappa shape index (κ1) is 26.7. The van der Waals surface area contributed by atoms with Crippen molar-refractivity contribution in [3.8, 4) is 11.8 Å². The number of carbonyl (C=O) groups excluding carboxylic acids is 1. The van der Waals surface area contributed by atoms with E-state index >= 15 is 0 Å². The van der Waals surface area contributed by atoms with Gasteiger partial charge in [0.1, 0.15) is 6.67 Å². The first-order valence-electron chi connectivity index (χ1n) is 12.7. The smallest absolute Gasteiger partial charge is 0.204 e. The Bertz CT molecular complexity index is 1190. The summed E-state index contributed by atoms with van der Waals surface area (Å²) in [7, 11) is 1.76. The van der Waals surface area contributed by atoms with Crippen molar-refractivity contribution in [1.29, 1.82) is 0 Å². The summed E-state index contributed by atoms with van der Waals surface area (Å²) < 4.78 is 18.3. The van der Waals surface area contributed by atoms with Crippen LogP contribution in [0.5, 0.6) is 0 Å². The number of nitrogens with one attached hydrogen (secondary N) is 1. The third-order valence-electron chi connectivity index (χ3n) is 6.80. The Morgan fingerprint density at radius 1 is 1.14 bits per heavy atom. The molecule has 0 aliphatic carbocycles. The minimum Gasteiger partial charge on any atom is -0.503 e. The zero-order valence-corrected chi connectivity index (χ0v) is 21.4. The third kappa shape index (κ3) is 7.36. The third-order valence-corrected chi connectivity index (χ3v) is 6.80. The van der Waals surface area contributed by atoms with Crippen LogP contribution < -0.4 is 5.32 Å². The van der Waals surface area contributed by atoms with E-state index < -0.39 is 6.67 Å². The molecule has 2 N–H and O–H groups in total. The van der Waals surface area contributed by atoms with E-state index in [1.807, 2.05) is 36.4 Å². The van der Waals surface area contributed by atoms with Gasteiger partial charge in [-0.15, -0.1) is 0 Å². The van der Waals surface area contributed by atoms with E-state index in [2.05, 4.69) is 39.2 Å². The highest BCUT2D eigenvalue weighted by atomic mass is 19.1. The van der Waals surface area contributed by atoms with Gasteiger partial charge in [0.05, 0.1) is 11.8 Å². The minimum absolute atomic E-state index is 0.0886. The van der Waals surface area contributed by atoms with Crippen LogP contribution in [-0.2, 0) is 16.1 Å². The van der Waals surface area contributed by atoms with E-state index in [4.69, 9.17) is 4.74 Å². The monoisotopic (exact) mass is 503 g/mol. The molecule has 7 heteroatoms. The second kappa shape index (κ2) is 12.8. The topological polar surface area (TPSA) is 74.2 Å². The molecule has 2 aromatic carbocycles. The Labute approximate surface area is 218 Å². The van der Waals surface area contributed by atoms with Crippen molar-refractivity contribution in [2.24, 2.45) is 4.99 Å². The van der Waals surface area contributed by atoms with Gasteiger partial charge in [0, 0.05) is 75.4 Å². The Balaban J connectivity index is 1.41. The number of benzene rings is 2. The molecule has 1 fully saturated rings. The zero-order chi connectivity index (χ0) is 26.2. The molecule has 1 unspecified atom stereocenters. The quantitative estimate of drug-likeness (QED) is 0.477. The number of methoxy groups -OCH3 is 1. The van der Waals surface area contributed by atoms with Crippen LogP contribution in [0.4, 0.5) is 4.39 Å². The van der Waals surface area contributed by atoms with E-state index in [9.17, 15) is 14.3 Å². The molecule has 2 aromatic rings. The Morgan fingerprint density at radius 3 is 2.41 bits per heavy atom. The number of Topliss-reactive ketones (excluding diaryl/α,β-unsaturated/α-hetero) is 1. The van der Waals surface area contributed by atoms with Crippen LogP contribution in [0.2, 0.25) is 0 Å². The van der Waals surface area contributed by atoms with Crippen LogP contribution >= 0.6 is 0 Å². The maximum atomic E-state index is 13.0. The molecule has 6 nitrogen and oxygen atoms in total. The van der Waals surface area contributed by atoms with Gasteiger partial charge in [-0.1, -0.05) is 36.1 Å². The summed E-state index contributed by atoms with van der Waals surface area (Å²) in [5, 5.41) is 13.4. The van der Waals surface area contributed by atoms with Gasteiger partial charge in [-0.05, 0) is 42.3 Å². The van der Waals surface area contributed by atoms with Gasteiger partial charge in [0.2, 0.25) is 5.78 Å². The second-order valence-corrected chi connectivity index (χ2v) is 9.72. The van der Waals surface area contributed by atoms with Gasteiger partial charge >= 0.3 is 0 Å². The number of ketones is 1. The first-order valence-corrected chi connectivity index (χ1v) is 12.7. The molecule has 4 rings (SSSR count). The van der Waals surface area contributed by atoms with Crippen LogP contribution in [-0.4, -0.2) is 67.6 Å². The Morgan fingerprint density at radius 2 is 1.78 bits per heavy atom. The molecule has 1 saturated heterocycles. The highest BCUT2D eigenvalue weighted by molar-refractivity contribution is 6.03. The molecule has 0 aromatic heterocycles. The number of rotatable bonds is 10. The summed E-state index contributed by atoms with van der Waals surface area (Å²) in [6, 6.07) is 15.9. The fourth-order valence-corrected chi connectivity index (χ4v) is 4.38. The van der Waals surface area contributed by atoms with E-state index in [1.54, 1.807) is 14.0 Å². The van der Waals surface area contributed by atoms with E-state index in [-0.39, 0.29) is 29.9 Å². The number of nitrogens with zero attached hydrogens (tertiary/aromatic N) is 2. The maximum Gasteiger partial charge on any atom is 0.204 e. The molecule has 0 bridgehead atoms. The van der Waals surface area contributed by atoms with Crippen molar-refractivity contribution in [3.63, 3.8) is 0 Å². The van der Waals surface area contributed by atoms with Crippen LogP contribution in [0.3, 0.4) is 0 Å². The molecular weight excluding hydrogens is 469 g/mol. The number of aliphatic hydroxyl groups is 1. The predicted molar refractivity (Wildman–Crippen MR) is 144 cm³/mol. The fourth-order valence-electron chi connectivity index (χ4n) is 4.38. The van der Waals surface area contributed by atoms with Gasteiger partial charge in [0.25, 0.3) is 0 Å². The van der Waals surface area contributed by atoms with Crippen molar-refractivity contribution in [1.82, 2.24) is 10.2 Å². The van der Waals surface area contributed by atoms with Gasteiger partial charge in [-0.3, -0.25) is 14.7 Å². The molecule has 37 heavy (non-hydrogen) atoms. The van der Waals surface area contributed by atoms with Gasteiger partial charge < -0.3 is 15.2 Å². The van der Waals surface area contributed by atoms with Crippen molar-refractivity contribution >= 4 is 12.0 Å². The van der Waals surface area contributed by atoms with Crippen molar-refractivity contribution in [3.05, 3.63) is 82.2 Å². The predicted octanol–water partition coefficient (Wildman–Crippen LogP) is 4.15. The second-order valence-electron chi connectivity index (χ2n) is 9.72. The number of hydrogen-bond donors (Lipinski definition) is 2. The van der Waals surface area contributed by atoms with Crippen LogP contribution in [0.1, 0.15) is 47.9 Å². The van der Waals surface area contributed by atoms with Crippen molar-refractivity contribution < 1.29 is 19.0 Å². The van der Waals surface area contributed by atoms with Crippen LogP contribution in [0.25, 0.3) is 0 Å². The molecule has 194 valence electrons. The number of allylic oxidation sites excluding steroid dienone is 2. The standard InChI is InChI=1S/C30H34FN3O3/c1-21(16-31)33-17-26(15-28-30(36)29(35)13-14-32-28)25-11-9-23(10-12-25)4-3-22-5-7-24(8-6-22)18-34-19-27(20-34)37-2/h5-12,14,21,26-27,33,36H,13,15-20H2,1-2H3/t21-,26?/m1/s1. The Kier molecular flexibility index (Phi) is 9.24. The summed E-state index contributed by atoms with van der Waals surface area (Å²) in [5.74, 6) is 5.75. The number of halogens is 1. The summed E-state index contributed by atoms with van der Waals surface area (Å²) in [4.78, 5) is 18.5. The van der Waals surface area contributed by atoms with Crippen LogP contribution in [0.15, 0.2) is 65.0 Å². The molecule has 0 spiro atoms. The summed E-state index contributed by atoms with van der Waals surface area (Å²) >= 11 is 0. The molecule has 2 atom stereocenters. The highest BCUT2D eigenvalue weighted by Gasteiger charge is 2.26. The zero-order valence-electron chi connectivity index (χ0n) is 21.4. The van der Waals surface area contributed by atoms with Crippen molar-refractivity contribution in [2.45, 2.75) is 44.4 Å². The average Bonchev–Trinajstić information content (AvgIpc) is 2.90. The number of likely N-dealkylation sites (tertiary alicyclic amines) is 1.